The van der Waals surface area contributed by atoms with Gasteiger partial charge in [-0.2, -0.15) is 4.98 Å². The van der Waals surface area contributed by atoms with Crippen molar-refractivity contribution in [3.05, 3.63) is 32.4 Å². The second-order valence-corrected chi connectivity index (χ2v) is 5.48. The molecule has 1 heterocycles. The lowest BCUT2D eigenvalue weighted by Gasteiger charge is -2.11. The summed E-state index contributed by atoms with van der Waals surface area (Å²) in [5.74, 6) is 1.54. The maximum absolute atomic E-state index is 5.97. The molecule has 0 radical (unpaired) electrons. The van der Waals surface area contributed by atoms with Crippen LogP contribution < -0.4 is 15.2 Å². The van der Waals surface area contributed by atoms with E-state index >= 15 is 0 Å². The Morgan fingerprint density at radius 3 is 2.47 bits per heavy atom. The lowest BCUT2D eigenvalue weighted by Crippen LogP contribution is -1.97. The molecule has 0 fully saturated rings. The molecule has 19 heavy (non-hydrogen) atoms. The van der Waals surface area contributed by atoms with Gasteiger partial charge in [0.05, 0.1) is 16.1 Å². The van der Waals surface area contributed by atoms with E-state index in [9.17, 15) is 0 Å². The molecule has 2 rings (SSSR count). The predicted molar refractivity (Wildman–Crippen MR) is 79.9 cm³/mol. The van der Waals surface area contributed by atoms with Gasteiger partial charge in [0.15, 0.2) is 0 Å². The van der Waals surface area contributed by atoms with Crippen LogP contribution in [0.3, 0.4) is 0 Å². The molecule has 0 aliphatic carbocycles. The van der Waals surface area contributed by atoms with Crippen LogP contribution in [-0.4, -0.2) is 17.1 Å². The molecule has 0 amide bonds. The van der Waals surface area contributed by atoms with Crippen molar-refractivity contribution in [3.63, 3.8) is 0 Å². The Bertz CT molecular complexity index is 625. The molecule has 1 aromatic carbocycles. The molecule has 0 aliphatic rings. The number of hydrogen-bond acceptors (Lipinski definition) is 5. The average Bonchev–Trinajstić information content (AvgIpc) is 2.38. The zero-order valence-electron chi connectivity index (χ0n) is 9.65. The molecular weight excluding hydrogens is 401 g/mol. The lowest BCUT2D eigenvalue weighted by atomic mass is 10.3. The largest absolute Gasteiger partial charge is 0.496 e. The molecule has 0 spiro atoms. The molecule has 0 saturated heterocycles. The zero-order valence-corrected chi connectivity index (χ0v) is 13.6. The van der Waals surface area contributed by atoms with E-state index in [1.165, 1.54) is 6.33 Å². The van der Waals surface area contributed by atoms with Crippen molar-refractivity contribution < 1.29 is 9.47 Å². The molecule has 5 nitrogen and oxygen atoms in total. The summed E-state index contributed by atoms with van der Waals surface area (Å²) >= 11 is 12.7. The van der Waals surface area contributed by atoms with E-state index < -0.39 is 0 Å². The highest BCUT2D eigenvalue weighted by atomic mass is 79.9. The van der Waals surface area contributed by atoms with Crippen molar-refractivity contribution in [1.29, 1.82) is 0 Å². The number of halogens is 3. The first-order chi connectivity index (χ1) is 9.02. The Labute approximate surface area is 131 Å². The fraction of sp³-hybridized carbons (Fsp3) is 0.0909. The van der Waals surface area contributed by atoms with Gasteiger partial charge in [-0.15, -0.1) is 0 Å². The van der Waals surface area contributed by atoms with Crippen molar-refractivity contribution >= 4 is 49.3 Å². The zero-order chi connectivity index (χ0) is 14.0. The number of aromatic nitrogens is 2. The van der Waals surface area contributed by atoms with Gasteiger partial charge in [-0.25, -0.2) is 4.98 Å². The molecule has 0 saturated carbocycles. The highest BCUT2D eigenvalue weighted by molar-refractivity contribution is 9.11. The molecule has 8 heteroatoms. The summed E-state index contributed by atoms with van der Waals surface area (Å²) in [4.78, 5) is 7.70. The Hall–Kier alpha value is -1.05. The molecule has 1 aromatic heterocycles. The van der Waals surface area contributed by atoms with E-state index in [2.05, 4.69) is 41.8 Å². The number of anilines is 1. The summed E-state index contributed by atoms with van der Waals surface area (Å²) in [5.41, 5.74) is 5.58. The third kappa shape index (κ3) is 3.10. The topological polar surface area (TPSA) is 70.3 Å². The monoisotopic (exact) mass is 407 g/mol. The number of nitrogens with zero attached hydrogens (tertiary/aromatic N) is 2. The van der Waals surface area contributed by atoms with Crippen molar-refractivity contribution in [2.45, 2.75) is 0 Å². The van der Waals surface area contributed by atoms with E-state index in [0.29, 0.717) is 16.0 Å². The van der Waals surface area contributed by atoms with Crippen molar-refractivity contribution in [1.82, 2.24) is 9.97 Å². The fourth-order valence-corrected chi connectivity index (χ4v) is 2.31. The van der Waals surface area contributed by atoms with Gasteiger partial charge < -0.3 is 15.2 Å². The van der Waals surface area contributed by atoms with E-state index in [1.54, 1.807) is 19.2 Å². The van der Waals surface area contributed by atoms with Gasteiger partial charge in [0, 0.05) is 0 Å². The third-order valence-electron chi connectivity index (χ3n) is 2.20. The summed E-state index contributed by atoms with van der Waals surface area (Å²) in [6.07, 6.45) is 1.28. The van der Waals surface area contributed by atoms with Crippen LogP contribution in [0.5, 0.6) is 17.4 Å². The molecular formula is C11H8Br2ClN3O2. The molecule has 2 aromatic rings. The number of nitrogen functional groups attached to an aromatic ring is 1. The Balaban J connectivity index is 2.38. The number of ether oxygens (including phenoxy) is 2. The molecule has 100 valence electrons. The van der Waals surface area contributed by atoms with E-state index in [1.807, 2.05) is 0 Å². The SMILES string of the molecule is COc1cc(Br)c(Oc2ncnc(N)c2Cl)cc1Br. The quantitative estimate of drug-likeness (QED) is 0.829. The van der Waals surface area contributed by atoms with Gasteiger partial charge in [-0.3, -0.25) is 0 Å². The smallest absolute Gasteiger partial charge is 0.243 e. The molecule has 2 N–H and O–H groups in total. The van der Waals surface area contributed by atoms with Crippen LogP contribution in [-0.2, 0) is 0 Å². The maximum atomic E-state index is 5.97. The lowest BCUT2D eigenvalue weighted by molar-refractivity contribution is 0.408. The van der Waals surface area contributed by atoms with Crippen LogP contribution in [0.15, 0.2) is 27.4 Å². The van der Waals surface area contributed by atoms with Gasteiger partial charge in [-0.05, 0) is 44.0 Å². The van der Waals surface area contributed by atoms with Crippen molar-refractivity contribution in [3.8, 4) is 17.4 Å². The fourth-order valence-electron chi connectivity index (χ4n) is 1.29. The second-order valence-electron chi connectivity index (χ2n) is 3.40. The Morgan fingerprint density at radius 1 is 1.16 bits per heavy atom. The summed E-state index contributed by atoms with van der Waals surface area (Å²) in [6, 6.07) is 3.50. The number of benzene rings is 1. The number of methoxy groups -OCH3 is 1. The molecule has 0 atom stereocenters. The van der Waals surface area contributed by atoms with Crippen LogP contribution in [0.1, 0.15) is 0 Å². The first-order valence-electron chi connectivity index (χ1n) is 4.99. The minimum Gasteiger partial charge on any atom is -0.496 e. The Kier molecular flexibility index (Phi) is 4.49. The highest BCUT2D eigenvalue weighted by Gasteiger charge is 2.13. The molecule has 0 unspecified atom stereocenters. The highest BCUT2D eigenvalue weighted by Crippen LogP contribution is 2.39. The number of nitrogens with two attached hydrogens (primary N) is 1. The average molecular weight is 409 g/mol. The van der Waals surface area contributed by atoms with Crippen LogP contribution in [0.2, 0.25) is 5.02 Å². The van der Waals surface area contributed by atoms with Crippen LogP contribution in [0.25, 0.3) is 0 Å². The van der Waals surface area contributed by atoms with Gasteiger partial charge in [0.1, 0.15) is 28.7 Å². The van der Waals surface area contributed by atoms with E-state index in [4.69, 9.17) is 26.8 Å². The summed E-state index contributed by atoms with van der Waals surface area (Å²) in [5, 5.41) is 0.168. The van der Waals surface area contributed by atoms with Crippen LogP contribution in [0, 0.1) is 0 Å². The van der Waals surface area contributed by atoms with Gasteiger partial charge >= 0.3 is 0 Å². The predicted octanol–water partition coefficient (Wildman–Crippen LogP) is 4.04. The van der Waals surface area contributed by atoms with Gasteiger partial charge in [0.25, 0.3) is 0 Å². The van der Waals surface area contributed by atoms with E-state index in [0.717, 1.165) is 4.47 Å². The summed E-state index contributed by atoms with van der Waals surface area (Å²) < 4.78 is 12.2. The van der Waals surface area contributed by atoms with Gasteiger partial charge in [0.2, 0.25) is 5.88 Å². The van der Waals surface area contributed by atoms with Gasteiger partial charge in [-0.1, -0.05) is 11.6 Å². The second kappa shape index (κ2) is 5.94. The first kappa shape index (κ1) is 14.4. The van der Waals surface area contributed by atoms with Crippen LogP contribution in [0.4, 0.5) is 5.82 Å². The maximum Gasteiger partial charge on any atom is 0.243 e. The van der Waals surface area contributed by atoms with Crippen LogP contribution >= 0.6 is 43.5 Å². The molecule has 0 bridgehead atoms. The summed E-state index contributed by atoms with van der Waals surface area (Å²) in [7, 11) is 1.58. The number of rotatable bonds is 3. The Morgan fingerprint density at radius 2 is 1.79 bits per heavy atom. The first-order valence-corrected chi connectivity index (χ1v) is 6.96. The third-order valence-corrected chi connectivity index (χ3v) is 3.79. The van der Waals surface area contributed by atoms with Crippen molar-refractivity contribution in [2.24, 2.45) is 0 Å². The van der Waals surface area contributed by atoms with Crippen molar-refractivity contribution in [2.75, 3.05) is 12.8 Å². The summed E-state index contributed by atoms with van der Waals surface area (Å²) in [6.45, 7) is 0. The minimum atomic E-state index is 0.162. The standard InChI is InChI=1S/C11H8Br2ClN3O2/c1-18-7-2-6(13)8(3-5(7)12)19-11-9(14)10(15)16-4-17-11/h2-4H,1H3,(H2,15,16,17). The normalized spacial score (nSPS) is 10.3. The van der Waals surface area contributed by atoms with E-state index in [-0.39, 0.29) is 16.7 Å². The number of hydrogen-bond donors (Lipinski definition) is 1. The minimum absolute atomic E-state index is 0.162. The molecule has 0 aliphatic heterocycles.